The average Bonchev–Trinajstić information content (AvgIpc) is 2.08. The molecule has 1 fully saturated rings. The Hall–Kier alpha value is -1.06. The van der Waals surface area contributed by atoms with Crippen molar-refractivity contribution in [3.05, 3.63) is 29.3 Å². The zero-order valence-corrected chi connectivity index (χ0v) is 9.33. The van der Waals surface area contributed by atoms with Gasteiger partial charge in [0.1, 0.15) is 5.75 Å². The first-order valence-electron chi connectivity index (χ1n) is 5.36. The Morgan fingerprint density at radius 2 is 2.20 bits per heavy atom. The Labute approximate surface area is 90.7 Å². The molecule has 1 heterocycles. The molecule has 0 aromatic heterocycles. The summed E-state index contributed by atoms with van der Waals surface area (Å²) in [6, 6.07) is 6.38. The minimum absolute atomic E-state index is 0.403. The van der Waals surface area contributed by atoms with Crippen LogP contribution in [-0.2, 0) is 6.54 Å². The summed E-state index contributed by atoms with van der Waals surface area (Å²) in [5.41, 5.74) is 2.22. The highest BCUT2D eigenvalue weighted by atomic mass is 16.3. The second-order valence-electron chi connectivity index (χ2n) is 4.36. The zero-order valence-electron chi connectivity index (χ0n) is 9.33. The molecule has 2 N–H and O–H groups in total. The van der Waals surface area contributed by atoms with Gasteiger partial charge in [0.2, 0.25) is 0 Å². The van der Waals surface area contributed by atoms with E-state index in [0.717, 1.165) is 25.2 Å². The largest absolute Gasteiger partial charge is 0.508 e. The van der Waals surface area contributed by atoms with E-state index in [1.165, 1.54) is 5.56 Å². The highest BCUT2D eigenvalue weighted by Crippen LogP contribution is 2.20. The molecule has 1 aromatic rings. The van der Waals surface area contributed by atoms with E-state index in [-0.39, 0.29) is 0 Å². The van der Waals surface area contributed by atoms with Crippen molar-refractivity contribution in [3.63, 3.8) is 0 Å². The summed E-state index contributed by atoms with van der Waals surface area (Å²) < 4.78 is 0. The van der Waals surface area contributed by atoms with Gasteiger partial charge < -0.3 is 10.4 Å². The van der Waals surface area contributed by atoms with Crippen LogP contribution in [0.1, 0.15) is 11.1 Å². The summed E-state index contributed by atoms with van der Waals surface area (Å²) in [7, 11) is 2.10. The summed E-state index contributed by atoms with van der Waals surface area (Å²) in [5.74, 6) is 0.403. The van der Waals surface area contributed by atoms with E-state index in [1.54, 1.807) is 6.07 Å². The van der Waals surface area contributed by atoms with Crippen LogP contribution in [0.15, 0.2) is 18.2 Å². The number of nitrogens with zero attached hydrogens (tertiary/aromatic N) is 1. The van der Waals surface area contributed by atoms with Gasteiger partial charge in [-0.05, 0) is 20.0 Å². The number of phenols is 1. The molecule has 1 aliphatic rings. The van der Waals surface area contributed by atoms with Crippen LogP contribution < -0.4 is 5.32 Å². The van der Waals surface area contributed by atoms with Crippen LogP contribution in [0, 0.1) is 6.92 Å². The first-order valence-corrected chi connectivity index (χ1v) is 5.36. The fourth-order valence-electron chi connectivity index (χ4n) is 1.82. The van der Waals surface area contributed by atoms with Crippen LogP contribution >= 0.6 is 0 Å². The molecular formula is C12H18N2O. The second-order valence-corrected chi connectivity index (χ2v) is 4.36. The van der Waals surface area contributed by atoms with Crippen molar-refractivity contribution in [3.8, 4) is 5.75 Å². The van der Waals surface area contributed by atoms with Crippen molar-refractivity contribution in [2.75, 3.05) is 20.1 Å². The number of aromatic hydroxyl groups is 1. The lowest BCUT2D eigenvalue weighted by molar-refractivity contribution is 0.171. The number of hydrogen-bond acceptors (Lipinski definition) is 3. The van der Waals surface area contributed by atoms with E-state index < -0.39 is 0 Å². The van der Waals surface area contributed by atoms with Gasteiger partial charge in [0.15, 0.2) is 0 Å². The van der Waals surface area contributed by atoms with Gasteiger partial charge in [-0.1, -0.05) is 17.7 Å². The molecule has 0 unspecified atom stereocenters. The molecule has 0 spiro atoms. The van der Waals surface area contributed by atoms with Crippen LogP contribution in [-0.4, -0.2) is 36.2 Å². The van der Waals surface area contributed by atoms with Gasteiger partial charge in [0, 0.05) is 31.2 Å². The summed E-state index contributed by atoms with van der Waals surface area (Å²) in [6.07, 6.45) is 0. The Bertz CT molecular complexity index is 347. The molecule has 0 atom stereocenters. The summed E-state index contributed by atoms with van der Waals surface area (Å²) in [6.45, 7) is 4.99. The SMILES string of the molecule is Cc1ccc(O)c(CN(C)C2CNC2)c1. The van der Waals surface area contributed by atoms with E-state index >= 15 is 0 Å². The summed E-state index contributed by atoms with van der Waals surface area (Å²) >= 11 is 0. The van der Waals surface area contributed by atoms with E-state index in [4.69, 9.17) is 0 Å². The lowest BCUT2D eigenvalue weighted by Crippen LogP contribution is -2.55. The van der Waals surface area contributed by atoms with E-state index in [2.05, 4.69) is 23.3 Å². The molecule has 0 radical (unpaired) electrons. The van der Waals surface area contributed by atoms with Crippen molar-refractivity contribution >= 4 is 0 Å². The minimum Gasteiger partial charge on any atom is -0.508 e. The highest BCUT2D eigenvalue weighted by molar-refractivity contribution is 5.35. The van der Waals surface area contributed by atoms with Crippen molar-refractivity contribution < 1.29 is 5.11 Å². The molecular weight excluding hydrogens is 188 g/mol. The molecule has 2 rings (SSSR count). The van der Waals surface area contributed by atoms with Crippen LogP contribution in [0.3, 0.4) is 0 Å². The van der Waals surface area contributed by atoms with E-state index in [9.17, 15) is 5.11 Å². The Kier molecular flexibility index (Phi) is 2.93. The van der Waals surface area contributed by atoms with Gasteiger partial charge in [-0.15, -0.1) is 0 Å². The fourth-order valence-corrected chi connectivity index (χ4v) is 1.82. The third kappa shape index (κ3) is 2.30. The number of phenolic OH excluding ortho intramolecular Hbond substituents is 1. The molecule has 1 saturated heterocycles. The normalized spacial score (nSPS) is 16.7. The molecule has 0 bridgehead atoms. The number of likely N-dealkylation sites (N-methyl/N-ethyl adjacent to an activating group) is 1. The van der Waals surface area contributed by atoms with Crippen LogP contribution in [0.25, 0.3) is 0 Å². The van der Waals surface area contributed by atoms with Crippen molar-refractivity contribution in [1.29, 1.82) is 0 Å². The van der Waals surface area contributed by atoms with E-state index in [0.29, 0.717) is 11.8 Å². The number of aryl methyl sites for hydroxylation is 1. The quantitative estimate of drug-likeness (QED) is 0.777. The first-order chi connectivity index (χ1) is 7.16. The van der Waals surface area contributed by atoms with Gasteiger partial charge >= 0.3 is 0 Å². The Morgan fingerprint density at radius 1 is 1.47 bits per heavy atom. The molecule has 3 nitrogen and oxygen atoms in total. The molecule has 0 amide bonds. The number of rotatable bonds is 3. The van der Waals surface area contributed by atoms with Crippen LogP contribution in [0.4, 0.5) is 0 Å². The summed E-state index contributed by atoms with van der Waals surface area (Å²) in [5, 5.41) is 13.0. The predicted molar refractivity (Wildman–Crippen MR) is 61.0 cm³/mol. The Morgan fingerprint density at radius 3 is 2.80 bits per heavy atom. The van der Waals surface area contributed by atoms with Gasteiger partial charge in [-0.3, -0.25) is 4.90 Å². The van der Waals surface area contributed by atoms with Crippen molar-refractivity contribution in [1.82, 2.24) is 10.2 Å². The van der Waals surface area contributed by atoms with Gasteiger partial charge in [0.05, 0.1) is 0 Å². The maximum atomic E-state index is 9.71. The lowest BCUT2D eigenvalue weighted by atomic mass is 10.1. The fraction of sp³-hybridized carbons (Fsp3) is 0.500. The monoisotopic (exact) mass is 206 g/mol. The first kappa shape index (κ1) is 10.5. The maximum Gasteiger partial charge on any atom is 0.120 e. The highest BCUT2D eigenvalue weighted by Gasteiger charge is 2.21. The molecule has 82 valence electrons. The van der Waals surface area contributed by atoms with Gasteiger partial charge in [0.25, 0.3) is 0 Å². The predicted octanol–water partition coefficient (Wildman–Crippen LogP) is 1.10. The average molecular weight is 206 g/mol. The Balaban J connectivity index is 2.05. The number of hydrogen-bond donors (Lipinski definition) is 2. The standard InChI is InChI=1S/C12H18N2O/c1-9-3-4-12(15)10(5-9)8-14(2)11-6-13-7-11/h3-5,11,13,15H,6-8H2,1-2H3. The molecule has 0 aliphatic carbocycles. The molecule has 3 heteroatoms. The molecule has 15 heavy (non-hydrogen) atoms. The number of nitrogens with one attached hydrogen (secondary N) is 1. The van der Waals surface area contributed by atoms with E-state index in [1.807, 2.05) is 13.0 Å². The van der Waals surface area contributed by atoms with Gasteiger partial charge in [-0.25, -0.2) is 0 Å². The molecule has 0 saturated carbocycles. The zero-order chi connectivity index (χ0) is 10.8. The van der Waals surface area contributed by atoms with Crippen LogP contribution in [0.5, 0.6) is 5.75 Å². The number of benzene rings is 1. The van der Waals surface area contributed by atoms with Crippen LogP contribution in [0.2, 0.25) is 0 Å². The second kappa shape index (κ2) is 4.21. The van der Waals surface area contributed by atoms with Crippen molar-refractivity contribution in [2.24, 2.45) is 0 Å². The topological polar surface area (TPSA) is 35.5 Å². The van der Waals surface area contributed by atoms with Gasteiger partial charge in [-0.2, -0.15) is 0 Å². The lowest BCUT2D eigenvalue weighted by Gasteiger charge is -2.35. The minimum atomic E-state index is 0.403. The van der Waals surface area contributed by atoms with Crippen molar-refractivity contribution in [2.45, 2.75) is 19.5 Å². The third-order valence-corrected chi connectivity index (χ3v) is 3.04. The molecule has 1 aliphatic heterocycles. The maximum absolute atomic E-state index is 9.71. The smallest absolute Gasteiger partial charge is 0.120 e. The molecule has 1 aromatic carbocycles. The summed E-state index contributed by atoms with van der Waals surface area (Å²) in [4.78, 5) is 2.28. The third-order valence-electron chi connectivity index (χ3n) is 3.04.